The zero-order valence-electron chi connectivity index (χ0n) is 15.2. The highest BCUT2D eigenvalue weighted by Crippen LogP contribution is 2.42. The third-order valence-electron chi connectivity index (χ3n) is 7.43. The monoisotopic (exact) mass is 333 g/mol. The molecule has 4 aliphatic rings. The number of hydrogen-bond donors (Lipinski definition) is 1. The van der Waals surface area contributed by atoms with Crippen molar-refractivity contribution in [1.29, 1.82) is 0 Å². The predicted molar refractivity (Wildman–Crippen MR) is 96.6 cm³/mol. The molecule has 4 fully saturated rings. The fourth-order valence-electron chi connectivity index (χ4n) is 6.02. The number of likely N-dealkylation sites (tertiary alicyclic amines) is 2. The molecule has 0 aromatic heterocycles. The highest BCUT2D eigenvalue weighted by molar-refractivity contribution is 5.79. The van der Waals surface area contributed by atoms with Crippen LogP contribution in [0.4, 0.5) is 0 Å². The highest BCUT2D eigenvalue weighted by atomic mass is 16.2. The van der Waals surface area contributed by atoms with E-state index in [1.54, 1.807) is 0 Å². The van der Waals surface area contributed by atoms with Crippen LogP contribution in [0.3, 0.4) is 0 Å². The first-order valence-electron chi connectivity index (χ1n) is 10.5. The van der Waals surface area contributed by atoms with Crippen LogP contribution in [0, 0.1) is 17.8 Å². The molecule has 0 spiro atoms. The Hall–Kier alpha value is -0.610. The van der Waals surface area contributed by atoms with Crippen molar-refractivity contribution in [2.75, 3.05) is 26.2 Å². The van der Waals surface area contributed by atoms with Crippen molar-refractivity contribution in [2.45, 2.75) is 76.3 Å². The van der Waals surface area contributed by atoms with Gasteiger partial charge in [0.25, 0.3) is 0 Å². The average molecular weight is 334 g/mol. The molecule has 2 aliphatic heterocycles. The number of amides is 1. The molecule has 1 amide bonds. The van der Waals surface area contributed by atoms with E-state index in [0.29, 0.717) is 23.8 Å². The summed E-state index contributed by atoms with van der Waals surface area (Å²) < 4.78 is 0. The Morgan fingerprint density at radius 1 is 0.792 bits per heavy atom. The van der Waals surface area contributed by atoms with Crippen molar-refractivity contribution < 1.29 is 4.79 Å². The van der Waals surface area contributed by atoms with Crippen LogP contribution in [-0.4, -0.2) is 54.0 Å². The van der Waals surface area contributed by atoms with Crippen molar-refractivity contribution >= 4 is 5.91 Å². The van der Waals surface area contributed by atoms with E-state index in [4.69, 9.17) is 5.73 Å². The number of nitrogens with two attached hydrogens (primary N) is 1. The first-order valence-corrected chi connectivity index (χ1v) is 10.5. The Morgan fingerprint density at radius 2 is 1.50 bits per heavy atom. The molecule has 2 saturated heterocycles. The molecule has 2 saturated carbocycles. The van der Waals surface area contributed by atoms with Crippen LogP contribution < -0.4 is 5.73 Å². The maximum atomic E-state index is 13.1. The van der Waals surface area contributed by atoms with Gasteiger partial charge in [0.1, 0.15) is 0 Å². The van der Waals surface area contributed by atoms with Gasteiger partial charge in [-0.25, -0.2) is 0 Å². The standard InChI is InChI=1S/C20H35N3O/c21-19-15-5-3-6-16(19)14-17(13-15)20(24)23-11-4-7-18(8-12-23)22-9-1-2-10-22/h15-19H,1-14,21H2. The molecule has 2 aliphatic carbocycles. The van der Waals surface area contributed by atoms with Gasteiger partial charge in [-0.3, -0.25) is 4.79 Å². The molecule has 24 heavy (non-hydrogen) atoms. The van der Waals surface area contributed by atoms with E-state index in [1.165, 1.54) is 64.5 Å². The summed E-state index contributed by atoms with van der Waals surface area (Å²) in [5, 5.41) is 0. The van der Waals surface area contributed by atoms with Gasteiger partial charge in [0, 0.05) is 31.1 Å². The Labute approximate surface area is 147 Å². The summed E-state index contributed by atoms with van der Waals surface area (Å²) >= 11 is 0. The first-order chi connectivity index (χ1) is 11.7. The summed E-state index contributed by atoms with van der Waals surface area (Å²) in [5.41, 5.74) is 6.41. The topological polar surface area (TPSA) is 49.6 Å². The lowest BCUT2D eigenvalue weighted by atomic mass is 9.65. The molecule has 4 rings (SSSR count). The molecule has 3 unspecified atom stereocenters. The van der Waals surface area contributed by atoms with Crippen molar-refractivity contribution in [1.82, 2.24) is 9.80 Å². The molecule has 136 valence electrons. The van der Waals surface area contributed by atoms with Gasteiger partial charge < -0.3 is 15.5 Å². The van der Waals surface area contributed by atoms with Gasteiger partial charge >= 0.3 is 0 Å². The van der Waals surface area contributed by atoms with Gasteiger partial charge in [0.05, 0.1) is 0 Å². The summed E-state index contributed by atoms with van der Waals surface area (Å²) in [6, 6.07) is 1.09. The second kappa shape index (κ2) is 7.33. The van der Waals surface area contributed by atoms with Gasteiger partial charge in [-0.05, 0) is 82.7 Å². The third-order valence-corrected chi connectivity index (χ3v) is 7.43. The molecular weight excluding hydrogens is 298 g/mol. The molecule has 4 nitrogen and oxygen atoms in total. The zero-order valence-corrected chi connectivity index (χ0v) is 15.2. The quantitative estimate of drug-likeness (QED) is 0.845. The molecule has 0 aromatic rings. The first kappa shape index (κ1) is 16.8. The van der Waals surface area contributed by atoms with Gasteiger partial charge in [0.2, 0.25) is 5.91 Å². The minimum atomic E-state index is 0.267. The van der Waals surface area contributed by atoms with E-state index in [2.05, 4.69) is 9.80 Å². The normalized spacial score (nSPS) is 41.2. The van der Waals surface area contributed by atoms with Crippen molar-refractivity contribution in [3.05, 3.63) is 0 Å². The maximum absolute atomic E-state index is 13.1. The average Bonchev–Trinajstić information content (AvgIpc) is 2.99. The second-order valence-corrected chi connectivity index (χ2v) is 8.85. The molecule has 0 radical (unpaired) electrons. The summed E-state index contributed by atoms with van der Waals surface area (Å²) in [6.07, 6.45) is 12.3. The minimum absolute atomic E-state index is 0.267. The van der Waals surface area contributed by atoms with Crippen molar-refractivity contribution in [3.63, 3.8) is 0 Å². The second-order valence-electron chi connectivity index (χ2n) is 8.85. The van der Waals surface area contributed by atoms with Crippen LogP contribution in [0.5, 0.6) is 0 Å². The van der Waals surface area contributed by atoms with Gasteiger partial charge in [0.15, 0.2) is 0 Å². The number of rotatable bonds is 2. The van der Waals surface area contributed by atoms with Crippen LogP contribution in [-0.2, 0) is 4.79 Å². The summed E-state index contributed by atoms with van der Waals surface area (Å²) in [5.74, 6) is 1.94. The number of nitrogens with zero attached hydrogens (tertiary/aromatic N) is 2. The molecule has 0 aromatic carbocycles. The van der Waals surface area contributed by atoms with Gasteiger partial charge in [-0.2, -0.15) is 0 Å². The van der Waals surface area contributed by atoms with E-state index >= 15 is 0 Å². The number of hydrogen-bond acceptors (Lipinski definition) is 3. The zero-order chi connectivity index (χ0) is 16.5. The molecule has 4 heteroatoms. The summed E-state index contributed by atoms with van der Waals surface area (Å²) in [7, 11) is 0. The maximum Gasteiger partial charge on any atom is 0.225 e. The fraction of sp³-hybridized carbons (Fsp3) is 0.950. The smallest absolute Gasteiger partial charge is 0.225 e. The van der Waals surface area contributed by atoms with Crippen molar-refractivity contribution in [3.8, 4) is 0 Å². The van der Waals surface area contributed by atoms with E-state index in [9.17, 15) is 4.79 Å². The number of carbonyl (C=O) groups is 1. The predicted octanol–water partition coefficient (Wildman–Crippen LogP) is 2.62. The molecule has 3 atom stereocenters. The van der Waals surface area contributed by atoms with E-state index in [-0.39, 0.29) is 5.92 Å². The van der Waals surface area contributed by atoms with Crippen LogP contribution in [0.25, 0.3) is 0 Å². The van der Waals surface area contributed by atoms with Crippen LogP contribution in [0.2, 0.25) is 0 Å². The van der Waals surface area contributed by atoms with E-state index < -0.39 is 0 Å². The van der Waals surface area contributed by atoms with Crippen LogP contribution >= 0.6 is 0 Å². The van der Waals surface area contributed by atoms with Crippen molar-refractivity contribution in [2.24, 2.45) is 23.5 Å². The van der Waals surface area contributed by atoms with E-state index in [0.717, 1.165) is 32.0 Å². The van der Waals surface area contributed by atoms with Crippen LogP contribution in [0.1, 0.15) is 64.2 Å². The van der Waals surface area contributed by atoms with E-state index in [1.807, 2.05) is 0 Å². The Bertz CT molecular complexity index is 434. The lowest BCUT2D eigenvalue weighted by Crippen LogP contribution is -2.50. The lowest BCUT2D eigenvalue weighted by molar-refractivity contribution is -0.138. The molecular formula is C20H35N3O. The largest absolute Gasteiger partial charge is 0.342 e. The Kier molecular flexibility index (Phi) is 5.14. The van der Waals surface area contributed by atoms with Crippen LogP contribution in [0.15, 0.2) is 0 Å². The molecule has 2 N–H and O–H groups in total. The summed E-state index contributed by atoms with van der Waals surface area (Å²) in [6.45, 7) is 4.53. The Morgan fingerprint density at radius 3 is 2.21 bits per heavy atom. The minimum Gasteiger partial charge on any atom is -0.342 e. The Balaban J connectivity index is 1.34. The molecule has 2 bridgehead atoms. The highest BCUT2D eigenvalue weighted by Gasteiger charge is 2.41. The van der Waals surface area contributed by atoms with Gasteiger partial charge in [-0.15, -0.1) is 0 Å². The molecule has 2 heterocycles. The number of carbonyl (C=O) groups excluding carboxylic acids is 1. The third kappa shape index (κ3) is 3.37. The SMILES string of the molecule is NC1C2CCCC1CC(C(=O)N1CCCC(N3CCCC3)CC1)C2. The fourth-order valence-corrected chi connectivity index (χ4v) is 6.02. The lowest BCUT2D eigenvalue weighted by Gasteiger charge is -2.44. The number of fused-ring (bicyclic) bond motifs is 2. The van der Waals surface area contributed by atoms with Gasteiger partial charge in [-0.1, -0.05) is 6.42 Å². The summed E-state index contributed by atoms with van der Waals surface area (Å²) in [4.78, 5) is 18.0.